The van der Waals surface area contributed by atoms with E-state index in [1.165, 1.54) is 5.56 Å². The third kappa shape index (κ3) is 4.26. The number of aryl methyl sites for hydroxylation is 2. The van der Waals surface area contributed by atoms with Crippen LogP contribution in [-0.2, 0) is 18.3 Å². The Labute approximate surface area is 145 Å². The molecule has 0 saturated heterocycles. The summed E-state index contributed by atoms with van der Waals surface area (Å²) in [5.74, 6) is -0.0108. The number of carbonyl (C=O) groups excluding carboxylic acids is 1. The number of imidazole rings is 1. The topological polar surface area (TPSA) is 46.9 Å². The van der Waals surface area contributed by atoms with Crippen LogP contribution in [0.4, 0.5) is 5.69 Å². The lowest BCUT2D eigenvalue weighted by molar-refractivity contribution is -0.115. The van der Waals surface area contributed by atoms with Crippen LogP contribution in [0.5, 0.6) is 0 Å². The van der Waals surface area contributed by atoms with Gasteiger partial charge in [-0.3, -0.25) is 4.79 Å². The van der Waals surface area contributed by atoms with Crippen molar-refractivity contribution in [3.8, 4) is 0 Å². The van der Waals surface area contributed by atoms with Crippen LogP contribution >= 0.6 is 11.8 Å². The van der Waals surface area contributed by atoms with E-state index in [0.29, 0.717) is 6.42 Å². The van der Waals surface area contributed by atoms with E-state index in [1.54, 1.807) is 18.0 Å². The Balaban J connectivity index is 1.58. The molecule has 0 aliphatic heterocycles. The molecule has 1 aromatic heterocycles. The zero-order valence-corrected chi connectivity index (χ0v) is 14.5. The van der Waals surface area contributed by atoms with Crippen LogP contribution in [0.2, 0.25) is 0 Å². The van der Waals surface area contributed by atoms with Gasteiger partial charge in [0.15, 0.2) is 5.16 Å². The Morgan fingerprint density at radius 2 is 1.83 bits per heavy atom. The molecule has 3 aromatic rings. The fourth-order valence-electron chi connectivity index (χ4n) is 2.26. The molecule has 3 rings (SSSR count). The molecule has 0 unspecified atom stereocenters. The first-order valence-corrected chi connectivity index (χ1v) is 8.52. The van der Waals surface area contributed by atoms with Crippen LogP contribution in [0.25, 0.3) is 0 Å². The van der Waals surface area contributed by atoms with Crippen LogP contribution in [-0.4, -0.2) is 15.5 Å². The molecule has 0 spiro atoms. The summed E-state index contributed by atoms with van der Waals surface area (Å²) in [6, 6.07) is 15.8. The van der Waals surface area contributed by atoms with Crippen molar-refractivity contribution in [2.24, 2.45) is 7.05 Å². The number of carbonyl (C=O) groups is 1. The molecule has 0 aliphatic carbocycles. The minimum absolute atomic E-state index is 0.0108. The van der Waals surface area contributed by atoms with E-state index < -0.39 is 0 Å². The number of hydrogen-bond donors (Lipinski definition) is 1. The number of nitrogens with one attached hydrogen (secondary N) is 1. The number of benzene rings is 2. The molecule has 0 aliphatic rings. The predicted octanol–water partition coefficient (Wildman–Crippen LogP) is 4.06. The van der Waals surface area contributed by atoms with Gasteiger partial charge in [-0.1, -0.05) is 41.6 Å². The van der Waals surface area contributed by atoms with E-state index >= 15 is 0 Å². The number of nitrogens with zero attached hydrogens (tertiary/aromatic N) is 2. The summed E-state index contributed by atoms with van der Waals surface area (Å²) < 4.78 is 1.97. The van der Waals surface area contributed by atoms with Crippen molar-refractivity contribution in [2.45, 2.75) is 23.4 Å². The number of anilines is 1. The summed E-state index contributed by atoms with van der Waals surface area (Å²) in [5, 5.41) is 3.87. The van der Waals surface area contributed by atoms with Crippen molar-refractivity contribution in [3.05, 3.63) is 72.1 Å². The lowest BCUT2D eigenvalue weighted by Gasteiger charge is -2.07. The minimum Gasteiger partial charge on any atom is -0.329 e. The largest absolute Gasteiger partial charge is 0.329 e. The Bertz CT molecular complexity index is 823. The zero-order chi connectivity index (χ0) is 16.9. The van der Waals surface area contributed by atoms with Gasteiger partial charge in [-0.05, 0) is 36.8 Å². The van der Waals surface area contributed by atoms with Gasteiger partial charge in [-0.25, -0.2) is 4.98 Å². The van der Waals surface area contributed by atoms with E-state index in [0.717, 1.165) is 21.3 Å². The fourth-order valence-corrected chi connectivity index (χ4v) is 3.06. The zero-order valence-electron chi connectivity index (χ0n) is 13.7. The molecule has 5 heteroatoms. The van der Waals surface area contributed by atoms with E-state index in [9.17, 15) is 4.79 Å². The molecule has 1 N–H and O–H groups in total. The average molecular weight is 337 g/mol. The average Bonchev–Trinajstić information content (AvgIpc) is 2.96. The first kappa shape index (κ1) is 16.3. The SMILES string of the molecule is Cc1ccc(CC(=O)Nc2ccc(Sc3nccn3C)cc2)cc1. The van der Waals surface area contributed by atoms with Gasteiger partial charge in [0, 0.05) is 30.0 Å². The second-order valence-electron chi connectivity index (χ2n) is 5.66. The maximum Gasteiger partial charge on any atom is 0.228 e. The summed E-state index contributed by atoms with van der Waals surface area (Å²) in [6.45, 7) is 2.04. The molecular weight excluding hydrogens is 318 g/mol. The first-order valence-electron chi connectivity index (χ1n) is 7.71. The molecule has 2 aromatic carbocycles. The van der Waals surface area contributed by atoms with Gasteiger partial charge < -0.3 is 9.88 Å². The van der Waals surface area contributed by atoms with Crippen LogP contribution in [0.15, 0.2) is 71.0 Å². The van der Waals surface area contributed by atoms with E-state index in [2.05, 4.69) is 10.3 Å². The molecule has 0 bridgehead atoms. The van der Waals surface area contributed by atoms with E-state index in [1.807, 2.05) is 73.3 Å². The van der Waals surface area contributed by atoms with Gasteiger partial charge in [0.1, 0.15) is 0 Å². The second kappa shape index (κ2) is 7.36. The van der Waals surface area contributed by atoms with Crippen molar-refractivity contribution in [1.29, 1.82) is 0 Å². The first-order chi connectivity index (χ1) is 11.6. The number of hydrogen-bond acceptors (Lipinski definition) is 3. The molecule has 0 fully saturated rings. The highest BCUT2D eigenvalue weighted by Crippen LogP contribution is 2.26. The van der Waals surface area contributed by atoms with Gasteiger partial charge in [-0.2, -0.15) is 0 Å². The molecule has 24 heavy (non-hydrogen) atoms. The molecule has 4 nitrogen and oxygen atoms in total. The lowest BCUT2D eigenvalue weighted by atomic mass is 10.1. The summed E-state index contributed by atoms with van der Waals surface area (Å²) in [6.07, 6.45) is 4.08. The molecule has 0 saturated carbocycles. The van der Waals surface area contributed by atoms with Gasteiger partial charge in [0.25, 0.3) is 0 Å². The maximum atomic E-state index is 12.1. The summed E-state index contributed by atoms with van der Waals surface area (Å²) in [7, 11) is 1.97. The quantitative estimate of drug-likeness (QED) is 0.764. The smallest absolute Gasteiger partial charge is 0.228 e. The van der Waals surface area contributed by atoms with Gasteiger partial charge in [0.05, 0.1) is 6.42 Å². The van der Waals surface area contributed by atoms with Crippen LogP contribution in [0, 0.1) is 6.92 Å². The van der Waals surface area contributed by atoms with Crippen LogP contribution in [0.3, 0.4) is 0 Å². The van der Waals surface area contributed by atoms with Crippen molar-refractivity contribution < 1.29 is 4.79 Å². The van der Waals surface area contributed by atoms with Gasteiger partial charge in [-0.15, -0.1) is 0 Å². The Hall–Kier alpha value is -2.53. The van der Waals surface area contributed by atoms with E-state index in [4.69, 9.17) is 0 Å². The summed E-state index contributed by atoms with van der Waals surface area (Å²) >= 11 is 1.59. The highest BCUT2D eigenvalue weighted by Gasteiger charge is 2.06. The molecule has 0 radical (unpaired) electrons. The number of rotatable bonds is 5. The molecule has 1 amide bonds. The molecular formula is C19H19N3OS. The van der Waals surface area contributed by atoms with Gasteiger partial charge >= 0.3 is 0 Å². The maximum absolute atomic E-state index is 12.1. The van der Waals surface area contributed by atoms with Crippen LogP contribution < -0.4 is 5.32 Å². The van der Waals surface area contributed by atoms with Crippen molar-refractivity contribution in [1.82, 2.24) is 9.55 Å². The monoisotopic (exact) mass is 337 g/mol. The van der Waals surface area contributed by atoms with Crippen molar-refractivity contribution in [3.63, 3.8) is 0 Å². The fraction of sp³-hybridized carbons (Fsp3) is 0.158. The standard InChI is InChI=1S/C19H19N3OS/c1-14-3-5-15(6-4-14)13-18(23)21-16-7-9-17(10-8-16)24-19-20-11-12-22(19)2/h3-12H,13H2,1-2H3,(H,21,23). The predicted molar refractivity (Wildman–Crippen MR) is 97.3 cm³/mol. The Kier molecular flexibility index (Phi) is 5.01. The summed E-state index contributed by atoms with van der Waals surface area (Å²) in [4.78, 5) is 17.5. The molecule has 122 valence electrons. The third-order valence-electron chi connectivity index (χ3n) is 3.61. The van der Waals surface area contributed by atoms with E-state index in [-0.39, 0.29) is 5.91 Å². The molecule has 0 atom stereocenters. The number of aromatic nitrogens is 2. The number of amides is 1. The van der Waals surface area contributed by atoms with Crippen LogP contribution in [0.1, 0.15) is 11.1 Å². The lowest BCUT2D eigenvalue weighted by Crippen LogP contribution is -2.14. The van der Waals surface area contributed by atoms with Crippen molar-refractivity contribution in [2.75, 3.05) is 5.32 Å². The second-order valence-corrected chi connectivity index (χ2v) is 6.70. The van der Waals surface area contributed by atoms with Crippen molar-refractivity contribution >= 4 is 23.4 Å². The Morgan fingerprint density at radius 1 is 1.12 bits per heavy atom. The Morgan fingerprint density at radius 3 is 2.46 bits per heavy atom. The highest BCUT2D eigenvalue weighted by atomic mass is 32.2. The highest BCUT2D eigenvalue weighted by molar-refractivity contribution is 7.99. The molecule has 1 heterocycles. The normalized spacial score (nSPS) is 10.6. The summed E-state index contributed by atoms with van der Waals surface area (Å²) in [5.41, 5.74) is 3.01. The third-order valence-corrected chi connectivity index (χ3v) is 4.69. The minimum atomic E-state index is -0.0108. The van der Waals surface area contributed by atoms with Gasteiger partial charge in [0.2, 0.25) is 5.91 Å².